The van der Waals surface area contributed by atoms with Crippen molar-refractivity contribution in [3.63, 3.8) is 0 Å². The molecule has 0 aromatic heterocycles. The molecule has 0 radical (unpaired) electrons. The van der Waals surface area contributed by atoms with Crippen LogP contribution in [0, 0.1) is 11.6 Å². The van der Waals surface area contributed by atoms with E-state index in [1.807, 2.05) is 0 Å². The van der Waals surface area contributed by atoms with Gasteiger partial charge in [-0.25, -0.2) is 13.6 Å². The third kappa shape index (κ3) is 3.78. The van der Waals surface area contributed by atoms with Gasteiger partial charge in [0.2, 0.25) is 0 Å². The minimum absolute atomic E-state index is 0.00843. The Bertz CT molecular complexity index is 682. The van der Waals surface area contributed by atoms with Gasteiger partial charge in [-0.1, -0.05) is 18.2 Å². The number of ether oxygens (including phenoxy) is 1. The van der Waals surface area contributed by atoms with Gasteiger partial charge in [0, 0.05) is 5.69 Å². The van der Waals surface area contributed by atoms with Crippen molar-refractivity contribution < 1.29 is 23.1 Å². The van der Waals surface area contributed by atoms with Gasteiger partial charge in [-0.15, -0.1) is 0 Å². The number of nitrogens with two attached hydrogens (primary N) is 1. The molecule has 114 valence electrons. The zero-order valence-electron chi connectivity index (χ0n) is 11.3. The number of nitrogens with one attached hydrogen (secondary N) is 1. The van der Waals surface area contributed by atoms with Gasteiger partial charge in [0.1, 0.15) is 23.8 Å². The fourth-order valence-corrected chi connectivity index (χ4v) is 1.75. The summed E-state index contributed by atoms with van der Waals surface area (Å²) >= 11 is 0. The third-order valence-corrected chi connectivity index (χ3v) is 2.78. The molecular formula is C15H12F2N2O3. The fraction of sp³-hybridized carbons (Fsp3) is 0.0667. The van der Waals surface area contributed by atoms with Gasteiger partial charge in [0.25, 0.3) is 5.91 Å². The maximum Gasteiger partial charge on any atom is 0.404 e. The van der Waals surface area contributed by atoms with E-state index in [-0.39, 0.29) is 6.61 Å². The highest BCUT2D eigenvalue weighted by atomic mass is 19.1. The fourth-order valence-electron chi connectivity index (χ4n) is 1.75. The van der Waals surface area contributed by atoms with Crippen LogP contribution in [0.4, 0.5) is 19.3 Å². The lowest BCUT2D eigenvalue weighted by molar-refractivity contribution is 0.101. The highest BCUT2D eigenvalue weighted by Gasteiger charge is 2.16. The number of anilines is 1. The van der Waals surface area contributed by atoms with Crippen LogP contribution in [-0.4, -0.2) is 12.0 Å². The van der Waals surface area contributed by atoms with Crippen LogP contribution in [0.15, 0.2) is 42.5 Å². The molecule has 0 unspecified atom stereocenters. The Hall–Kier alpha value is -2.96. The third-order valence-electron chi connectivity index (χ3n) is 2.78. The van der Waals surface area contributed by atoms with E-state index in [1.54, 1.807) is 12.1 Å². The lowest BCUT2D eigenvalue weighted by Crippen LogP contribution is -2.16. The van der Waals surface area contributed by atoms with Crippen molar-refractivity contribution in [2.24, 2.45) is 5.73 Å². The van der Waals surface area contributed by atoms with Crippen LogP contribution in [0.5, 0.6) is 0 Å². The smallest absolute Gasteiger partial charge is 0.404 e. The average Bonchev–Trinajstić information content (AvgIpc) is 2.46. The Balaban J connectivity index is 2.07. The second-order valence-corrected chi connectivity index (χ2v) is 4.36. The number of carbonyl (C=O) groups is 2. The molecule has 0 atom stereocenters. The molecule has 3 N–H and O–H groups in total. The zero-order chi connectivity index (χ0) is 16.1. The molecule has 2 rings (SSSR count). The summed E-state index contributed by atoms with van der Waals surface area (Å²) in [7, 11) is 0. The first-order chi connectivity index (χ1) is 10.5. The molecule has 0 saturated heterocycles. The molecule has 0 saturated carbocycles. The van der Waals surface area contributed by atoms with E-state index in [0.29, 0.717) is 11.3 Å². The van der Waals surface area contributed by atoms with Crippen LogP contribution < -0.4 is 11.1 Å². The minimum Gasteiger partial charge on any atom is -0.445 e. The molecule has 5 nitrogen and oxygen atoms in total. The predicted octanol–water partition coefficient (Wildman–Crippen LogP) is 2.81. The first-order valence-electron chi connectivity index (χ1n) is 6.24. The van der Waals surface area contributed by atoms with Crippen molar-refractivity contribution in [1.82, 2.24) is 0 Å². The highest BCUT2D eigenvalue weighted by molar-refractivity contribution is 6.04. The van der Waals surface area contributed by atoms with E-state index in [9.17, 15) is 18.4 Å². The largest absolute Gasteiger partial charge is 0.445 e. The minimum atomic E-state index is -0.941. The SMILES string of the molecule is NC(=O)OCc1ccc(NC(=O)c2c(F)cccc2F)cc1. The highest BCUT2D eigenvalue weighted by Crippen LogP contribution is 2.16. The van der Waals surface area contributed by atoms with Crippen molar-refractivity contribution >= 4 is 17.7 Å². The van der Waals surface area contributed by atoms with Crippen molar-refractivity contribution in [2.45, 2.75) is 6.61 Å². The van der Waals surface area contributed by atoms with E-state index in [0.717, 1.165) is 12.1 Å². The van der Waals surface area contributed by atoms with Crippen molar-refractivity contribution in [3.8, 4) is 0 Å². The van der Waals surface area contributed by atoms with Gasteiger partial charge in [0.05, 0.1) is 0 Å². The van der Waals surface area contributed by atoms with E-state index >= 15 is 0 Å². The number of hydrogen-bond donors (Lipinski definition) is 2. The summed E-state index contributed by atoms with van der Waals surface area (Å²) in [6.45, 7) is -0.00843. The molecule has 2 aromatic rings. The Labute approximate surface area is 124 Å². The molecule has 0 fully saturated rings. The summed E-state index contributed by atoms with van der Waals surface area (Å²) in [6, 6.07) is 9.36. The molecule has 7 heteroatoms. The second kappa shape index (κ2) is 6.66. The molecular weight excluding hydrogens is 294 g/mol. The van der Waals surface area contributed by atoms with Crippen molar-refractivity contribution in [1.29, 1.82) is 0 Å². The summed E-state index contributed by atoms with van der Waals surface area (Å²) in [5.74, 6) is -2.77. The van der Waals surface area contributed by atoms with E-state index in [4.69, 9.17) is 5.73 Å². The van der Waals surface area contributed by atoms with Gasteiger partial charge < -0.3 is 15.8 Å². The number of rotatable bonds is 4. The van der Waals surface area contributed by atoms with Crippen molar-refractivity contribution in [3.05, 3.63) is 65.2 Å². The summed E-state index contributed by atoms with van der Waals surface area (Å²) in [4.78, 5) is 22.4. The molecule has 0 aliphatic carbocycles. The van der Waals surface area contributed by atoms with Gasteiger partial charge >= 0.3 is 6.09 Å². The van der Waals surface area contributed by atoms with Crippen molar-refractivity contribution in [2.75, 3.05) is 5.32 Å². The van der Waals surface area contributed by atoms with Crippen LogP contribution in [0.25, 0.3) is 0 Å². The van der Waals surface area contributed by atoms with Crippen LogP contribution in [0.3, 0.4) is 0 Å². The van der Waals surface area contributed by atoms with Gasteiger partial charge in [-0.3, -0.25) is 4.79 Å². The molecule has 0 heterocycles. The number of halogens is 2. The van der Waals surface area contributed by atoms with Gasteiger partial charge in [-0.2, -0.15) is 0 Å². The maximum atomic E-state index is 13.5. The normalized spacial score (nSPS) is 10.1. The quantitative estimate of drug-likeness (QED) is 0.911. The lowest BCUT2D eigenvalue weighted by atomic mass is 10.1. The number of benzene rings is 2. The summed E-state index contributed by atoms with van der Waals surface area (Å²) < 4.78 is 31.6. The molecule has 0 aliphatic rings. The average molecular weight is 306 g/mol. The predicted molar refractivity (Wildman–Crippen MR) is 75.1 cm³/mol. The standard InChI is InChI=1S/C15H12F2N2O3/c16-11-2-1-3-12(17)13(11)14(20)19-10-6-4-9(5-7-10)8-22-15(18)21/h1-7H,8H2,(H2,18,21)(H,19,20). The number of amides is 2. The van der Waals surface area contributed by atoms with E-state index < -0.39 is 29.2 Å². The second-order valence-electron chi connectivity index (χ2n) is 4.36. The Kier molecular flexibility index (Phi) is 4.67. The maximum absolute atomic E-state index is 13.5. The lowest BCUT2D eigenvalue weighted by Gasteiger charge is -2.08. The van der Waals surface area contributed by atoms with E-state index in [1.165, 1.54) is 18.2 Å². The Morgan fingerprint density at radius 2 is 1.64 bits per heavy atom. The zero-order valence-corrected chi connectivity index (χ0v) is 11.3. The summed E-state index contributed by atoms with van der Waals surface area (Å²) in [5, 5.41) is 2.38. The molecule has 0 aliphatic heterocycles. The van der Waals surface area contributed by atoms with Gasteiger partial charge in [0.15, 0.2) is 0 Å². The molecule has 2 amide bonds. The monoisotopic (exact) mass is 306 g/mol. The Morgan fingerprint density at radius 1 is 1.05 bits per heavy atom. The summed E-state index contributed by atoms with van der Waals surface area (Å²) in [6.07, 6.45) is -0.896. The number of primary amides is 1. The van der Waals surface area contributed by atoms with E-state index in [2.05, 4.69) is 10.1 Å². The van der Waals surface area contributed by atoms with Crippen LogP contribution >= 0.6 is 0 Å². The molecule has 0 bridgehead atoms. The first kappa shape index (κ1) is 15.4. The summed E-state index contributed by atoms with van der Waals surface area (Å²) in [5.41, 5.74) is 5.18. The molecule has 2 aromatic carbocycles. The first-order valence-corrected chi connectivity index (χ1v) is 6.24. The number of hydrogen-bond acceptors (Lipinski definition) is 3. The van der Waals surface area contributed by atoms with Crippen LogP contribution in [0.1, 0.15) is 15.9 Å². The van der Waals surface area contributed by atoms with Gasteiger partial charge in [-0.05, 0) is 29.8 Å². The Morgan fingerprint density at radius 3 is 2.18 bits per heavy atom. The molecule has 22 heavy (non-hydrogen) atoms. The number of carbonyl (C=O) groups excluding carboxylic acids is 2. The molecule has 0 spiro atoms. The topological polar surface area (TPSA) is 81.4 Å². The van der Waals surface area contributed by atoms with Crippen LogP contribution in [-0.2, 0) is 11.3 Å². The van der Waals surface area contributed by atoms with Crippen LogP contribution in [0.2, 0.25) is 0 Å².